The lowest BCUT2D eigenvalue weighted by molar-refractivity contribution is 0.0625. The van der Waals surface area contributed by atoms with Gasteiger partial charge in [-0.1, -0.05) is 23.7 Å². The number of aryl methyl sites for hydroxylation is 1. The number of hydrogen-bond acceptors (Lipinski definition) is 2. The predicted octanol–water partition coefficient (Wildman–Crippen LogP) is 3.99. The third-order valence-electron chi connectivity index (χ3n) is 4.71. The van der Waals surface area contributed by atoms with Gasteiger partial charge in [-0.25, -0.2) is 0 Å². The van der Waals surface area contributed by atoms with E-state index in [1.807, 2.05) is 12.1 Å². The van der Waals surface area contributed by atoms with Gasteiger partial charge in [0, 0.05) is 44.9 Å². The number of nitrogens with one attached hydrogen (secondary N) is 1. The molecule has 1 aromatic rings. The van der Waals surface area contributed by atoms with Gasteiger partial charge < -0.3 is 15.0 Å². The molecule has 1 heterocycles. The van der Waals surface area contributed by atoms with Crippen molar-refractivity contribution in [3.05, 3.63) is 34.9 Å². The third kappa shape index (κ3) is 7.66. The number of aliphatic imine (C=N–C) groups is 1. The molecule has 140 valence electrons. The molecule has 1 aliphatic heterocycles. The summed E-state index contributed by atoms with van der Waals surface area (Å²) in [5.74, 6) is 1.81. The van der Waals surface area contributed by atoms with Crippen LogP contribution < -0.4 is 5.32 Å². The molecular formula is C20H32ClN3O. The molecule has 0 aromatic heterocycles. The minimum Gasteiger partial charge on any atom is -0.381 e. The summed E-state index contributed by atoms with van der Waals surface area (Å²) in [6.07, 6.45) is 5.69. The summed E-state index contributed by atoms with van der Waals surface area (Å²) in [7, 11) is 2.14. The van der Waals surface area contributed by atoms with E-state index >= 15 is 0 Å². The molecule has 1 N–H and O–H groups in total. The van der Waals surface area contributed by atoms with Crippen LogP contribution in [0.4, 0.5) is 0 Å². The molecule has 1 aromatic carbocycles. The standard InChI is InChI=1S/C20H32ClN3O/c1-3-22-20(24(2)14-10-18-11-15-25-16-12-18)23-13-4-5-17-6-8-19(21)9-7-17/h6-9,18H,3-5,10-16H2,1-2H3,(H,22,23). The molecule has 0 saturated carbocycles. The first-order valence-corrected chi connectivity index (χ1v) is 9.88. The zero-order valence-corrected chi connectivity index (χ0v) is 16.4. The number of halogens is 1. The molecule has 0 radical (unpaired) electrons. The SMILES string of the molecule is CCNC(=NCCCc1ccc(Cl)cc1)N(C)CCC1CCOCC1. The molecular weight excluding hydrogens is 334 g/mol. The van der Waals surface area contributed by atoms with E-state index in [1.54, 1.807) is 0 Å². The van der Waals surface area contributed by atoms with Crippen molar-refractivity contribution in [2.75, 3.05) is 39.9 Å². The van der Waals surface area contributed by atoms with E-state index in [1.165, 1.54) is 24.8 Å². The number of rotatable bonds is 8. The van der Waals surface area contributed by atoms with E-state index in [2.05, 4.69) is 36.3 Å². The fourth-order valence-corrected chi connectivity index (χ4v) is 3.23. The minimum absolute atomic E-state index is 0.794. The molecule has 0 atom stereocenters. The smallest absolute Gasteiger partial charge is 0.193 e. The van der Waals surface area contributed by atoms with Crippen molar-refractivity contribution >= 4 is 17.6 Å². The number of benzene rings is 1. The van der Waals surface area contributed by atoms with Crippen LogP contribution in [0.5, 0.6) is 0 Å². The summed E-state index contributed by atoms with van der Waals surface area (Å²) >= 11 is 5.93. The molecule has 0 amide bonds. The van der Waals surface area contributed by atoms with Crippen LogP contribution in [0.1, 0.15) is 38.2 Å². The zero-order valence-electron chi connectivity index (χ0n) is 15.6. The van der Waals surface area contributed by atoms with E-state index < -0.39 is 0 Å². The molecule has 1 saturated heterocycles. The maximum absolute atomic E-state index is 5.93. The van der Waals surface area contributed by atoms with Crippen LogP contribution in [0.3, 0.4) is 0 Å². The second-order valence-electron chi connectivity index (χ2n) is 6.73. The van der Waals surface area contributed by atoms with Gasteiger partial charge in [-0.3, -0.25) is 4.99 Å². The Morgan fingerprint density at radius 3 is 2.68 bits per heavy atom. The van der Waals surface area contributed by atoms with Crippen LogP contribution in [-0.4, -0.2) is 50.8 Å². The van der Waals surface area contributed by atoms with Crippen molar-refractivity contribution in [2.24, 2.45) is 10.9 Å². The van der Waals surface area contributed by atoms with Crippen molar-refractivity contribution < 1.29 is 4.74 Å². The van der Waals surface area contributed by atoms with Gasteiger partial charge in [-0.15, -0.1) is 0 Å². The van der Waals surface area contributed by atoms with Crippen LogP contribution >= 0.6 is 11.6 Å². The van der Waals surface area contributed by atoms with Crippen LogP contribution in [0.2, 0.25) is 5.02 Å². The largest absolute Gasteiger partial charge is 0.381 e. The Bertz CT molecular complexity index is 512. The Hall–Kier alpha value is -1.26. The fourth-order valence-electron chi connectivity index (χ4n) is 3.11. The average Bonchev–Trinajstić information content (AvgIpc) is 2.64. The normalized spacial score (nSPS) is 16.0. The zero-order chi connectivity index (χ0) is 17.9. The Morgan fingerprint density at radius 1 is 1.28 bits per heavy atom. The van der Waals surface area contributed by atoms with Gasteiger partial charge in [0.25, 0.3) is 0 Å². The van der Waals surface area contributed by atoms with Crippen LogP contribution in [0.15, 0.2) is 29.3 Å². The van der Waals surface area contributed by atoms with Crippen molar-refractivity contribution in [3.8, 4) is 0 Å². The van der Waals surface area contributed by atoms with Crippen LogP contribution in [0, 0.1) is 5.92 Å². The second-order valence-corrected chi connectivity index (χ2v) is 7.17. The molecule has 2 rings (SSSR count). The fraction of sp³-hybridized carbons (Fsp3) is 0.650. The van der Waals surface area contributed by atoms with Crippen molar-refractivity contribution in [3.63, 3.8) is 0 Å². The summed E-state index contributed by atoms with van der Waals surface area (Å²) in [6.45, 7) is 6.76. The van der Waals surface area contributed by atoms with Gasteiger partial charge in [-0.2, -0.15) is 0 Å². The van der Waals surface area contributed by atoms with Crippen molar-refractivity contribution in [1.82, 2.24) is 10.2 Å². The highest BCUT2D eigenvalue weighted by atomic mass is 35.5. The van der Waals surface area contributed by atoms with E-state index in [0.29, 0.717) is 0 Å². The highest BCUT2D eigenvalue weighted by Crippen LogP contribution is 2.18. The van der Waals surface area contributed by atoms with E-state index in [-0.39, 0.29) is 0 Å². The molecule has 1 fully saturated rings. The highest BCUT2D eigenvalue weighted by Gasteiger charge is 2.15. The van der Waals surface area contributed by atoms with Gasteiger partial charge in [0.05, 0.1) is 0 Å². The van der Waals surface area contributed by atoms with Gasteiger partial charge in [0.15, 0.2) is 5.96 Å². The quantitative estimate of drug-likeness (QED) is 0.430. The predicted molar refractivity (Wildman–Crippen MR) is 107 cm³/mol. The molecule has 1 aliphatic rings. The highest BCUT2D eigenvalue weighted by molar-refractivity contribution is 6.30. The first-order valence-electron chi connectivity index (χ1n) is 9.50. The molecule has 4 nitrogen and oxygen atoms in total. The topological polar surface area (TPSA) is 36.9 Å². The van der Waals surface area contributed by atoms with Gasteiger partial charge in [0.2, 0.25) is 0 Å². The summed E-state index contributed by atoms with van der Waals surface area (Å²) in [5.41, 5.74) is 1.32. The minimum atomic E-state index is 0.794. The van der Waals surface area contributed by atoms with Gasteiger partial charge in [0.1, 0.15) is 0 Å². The number of hydrogen-bond donors (Lipinski definition) is 1. The molecule has 0 unspecified atom stereocenters. The Kier molecular flexibility index (Phi) is 9.12. The summed E-state index contributed by atoms with van der Waals surface area (Å²) < 4.78 is 5.44. The van der Waals surface area contributed by atoms with E-state index in [0.717, 1.165) is 62.6 Å². The monoisotopic (exact) mass is 365 g/mol. The van der Waals surface area contributed by atoms with E-state index in [4.69, 9.17) is 21.3 Å². The summed E-state index contributed by atoms with van der Waals surface area (Å²) in [6, 6.07) is 8.09. The lowest BCUT2D eigenvalue weighted by Gasteiger charge is -2.26. The van der Waals surface area contributed by atoms with Gasteiger partial charge in [-0.05, 0) is 62.6 Å². The Balaban J connectivity index is 1.74. The molecule has 0 spiro atoms. The first kappa shape index (κ1) is 20.1. The number of nitrogens with zero attached hydrogens (tertiary/aromatic N) is 2. The van der Waals surface area contributed by atoms with Crippen molar-refractivity contribution in [2.45, 2.75) is 39.0 Å². The first-order chi connectivity index (χ1) is 12.2. The lowest BCUT2D eigenvalue weighted by atomic mass is 9.96. The van der Waals surface area contributed by atoms with Crippen LogP contribution in [-0.2, 0) is 11.2 Å². The Labute approximate surface area is 157 Å². The Morgan fingerprint density at radius 2 is 2.00 bits per heavy atom. The molecule has 0 aliphatic carbocycles. The third-order valence-corrected chi connectivity index (χ3v) is 4.96. The average molecular weight is 366 g/mol. The molecule has 0 bridgehead atoms. The lowest BCUT2D eigenvalue weighted by Crippen LogP contribution is -2.40. The van der Waals surface area contributed by atoms with Crippen molar-refractivity contribution in [1.29, 1.82) is 0 Å². The van der Waals surface area contributed by atoms with E-state index in [9.17, 15) is 0 Å². The summed E-state index contributed by atoms with van der Waals surface area (Å²) in [4.78, 5) is 7.06. The second kappa shape index (κ2) is 11.4. The van der Waals surface area contributed by atoms with Gasteiger partial charge >= 0.3 is 0 Å². The molecule has 25 heavy (non-hydrogen) atoms. The maximum Gasteiger partial charge on any atom is 0.193 e. The molecule has 5 heteroatoms. The summed E-state index contributed by atoms with van der Waals surface area (Å²) in [5, 5.41) is 4.20. The number of guanidine groups is 1. The van der Waals surface area contributed by atoms with Crippen LogP contribution in [0.25, 0.3) is 0 Å². The number of ether oxygens (including phenoxy) is 1. The maximum atomic E-state index is 5.93.